The number of carbonyl (C=O) groups excluding carboxylic acids is 1. The molecule has 2 aromatic rings. The van der Waals surface area contributed by atoms with Gasteiger partial charge in [-0.1, -0.05) is 68.1 Å². The number of nitrogens with one attached hydrogen (secondary N) is 1. The second-order valence-corrected chi connectivity index (χ2v) is 7.73. The molecule has 0 spiro atoms. The van der Waals surface area contributed by atoms with Crippen molar-refractivity contribution in [2.75, 3.05) is 0 Å². The molecule has 2 aliphatic rings. The largest absolute Gasteiger partial charge is 0.349 e. The summed E-state index contributed by atoms with van der Waals surface area (Å²) in [4.78, 5) is 12.6. The average molecular weight is 333 g/mol. The molecule has 2 aliphatic carbocycles. The van der Waals surface area contributed by atoms with Gasteiger partial charge in [-0.2, -0.15) is 0 Å². The number of benzene rings is 2. The summed E-state index contributed by atoms with van der Waals surface area (Å²) in [6.45, 7) is 0. The van der Waals surface area contributed by atoms with Crippen molar-refractivity contribution in [3.05, 3.63) is 60.2 Å². The first kappa shape index (κ1) is 16.4. The fourth-order valence-corrected chi connectivity index (χ4v) is 4.72. The molecular weight excluding hydrogens is 306 g/mol. The van der Waals surface area contributed by atoms with Crippen molar-refractivity contribution < 1.29 is 4.79 Å². The lowest BCUT2D eigenvalue weighted by Gasteiger charge is -2.39. The highest BCUT2D eigenvalue weighted by molar-refractivity contribution is 5.94. The van der Waals surface area contributed by atoms with Crippen molar-refractivity contribution in [3.8, 4) is 11.1 Å². The normalized spacial score (nSPS) is 25.8. The van der Waals surface area contributed by atoms with Crippen LogP contribution in [0.3, 0.4) is 0 Å². The van der Waals surface area contributed by atoms with Gasteiger partial charge in [0.1, 0.15) is 0 Å². The molecule has 3 atom stereocenters. The number of fused-ring (bicyclic) bond motifs is 1. The van der Waals surface area contributed by atoms with Crippen molar-refractivity contribution in [1.82, 2.24) is 5.32 Å². The van der Waals surface area contributed by atoms with Crippen LogP contribution in [0, 0.1) is 11.8 Å². The molecule has 0 aliphatic heterocycles. The van der Waals surface area contributed by atoms with Gasteiger partial charge in [-0.05, 0) is 54.4 Å². The predicted octanol–water partition coefficient (Wildman–Crippen LogP) is 5.44. The van der Waals surface area contributed by atoms with Gasteiger partial charge in [-0.3, -0.25) is 4.79 Å². The highest BCUT2D eigenvalue weighted by Crippen LogP contribution is 2.40. The molecule has 2 aromatic carbocycles. The van der Waals surface area contributed by atoms with E-state index in [4.69, 9.17) is 0 Å². The SMILES string of the molecule is O=C(N[C@@H]1CC[C@H]2CCCC[C@@H]2C1)c1ccc(-c2ccccc2)cc1. The van der Waals surface area contributed by atoms with Crippen molar-refractivity contribution >= 4 is 5.91 Å². The Morgan fingerprint density at radius 2 is 1.44 bits per heavy atom. The van der Waals surface area contributed by atoms with Crippen LogP contribution in [0.2, 0.25) is 0 Å². The second kappa shape index (κ2) is 7.43. The highest BCUT2D eigenvalue weighted by atomic mass is 16.1. The van der Waals surface area contributed by atoms with E-state index in [2.05, 4.69) is 17.4 Å². The Balaban J connectivity index is 1.38. The Bertz CT molecular complexity index is 707. The zero-order valence-electron chi connectivity index (χ0n) is 14.8. The fourth-order valence-electron chi connectivity index (χ4n) is 4.72. The van der Waals surface area contributed by atoms with E-state index in [0.717, 1.165) is 29.4 Å². The van der Waals surface area contributed by atoms with Gasteiger partial charge in [0, 0.05) is 11.6 Å². The second-order valence-electron chi connectivity index (χ2n) is 7.73. The summed E-state index contributed by atoms with van der Waals surface area (Å²) in [7, 11) is 0. The first-order chi connectivity index (χ1) is 12.3. The first-order valence-corrected chi connectivity index (χ1v) is 9.76. The summed E-state index contributed by atoms with van der Waals surface area (Å²) < 4.78 is 0. The summed E-state index contributed by atoms with van der Waals surface area (Å²) in [5.74, 6) is 1.85. The third-order valence-corrected chi connectivity index (χ3v) is 6.13. The van der Waals surface area contributed by atoms with Crippen molar-refractivity contribution in [3.63, 3.8) is 0 Å². The Hall–Kier alpha value is -2.09. The van der Waals surface area contributed by atoms with Gasteiger partial charge in [-0.25, -0.2) is 0 Å². The molecule has 0 radical (unpaired) electrons. The topological polar surface area (TPSA) is 29.1 Å². The summed E-state index contributed by atoms with van der Waals surface area (Å²) in [6, 6.07) is 18.6. The van der Waals surface area contributed by atoms with Gasteiger partial charge in [0.2, 0.25) is 0 Å². The van der Waals surface area contributed by atoms with E-state index in [-0.39, 0.29) is 5.91 Å². The Kier molecular flexibility index (Phi) is 4.87. The van der Waals surface area contributed by atoms with Gasteiger partial charge in [0.15, 0.2) is 0 Å². The molecule has 2 fully saturated rings. The number of hydrogen-bond acceptors (Lipinski definition) is 1. The van der Waals surface area contributed by atoms with E-state index in [9.17, 15) is 4.79 Å². The van der Waals surface area contributed by atoms with Crippen LogP contribution >= 0.6 is 0 Å². The van der Waals surface area contributed by atoms with Crippen molar-refractivity contribution in [2.45, 2.75) is 51.0 Å². The van der Waals surface area contributed by atoms with Crippen LogP contribution in [0.25, 0.3) is 11.1 Å². The maximum atomic E-state index is 12.6. The molecule has 130 valence electrons. The maximum absolute atomic E-state index is 12.6. The summed E-state index contributed by atoms with van der Waals surface area (Å²) in [6.07, 6.45) is 9.18. The Labute approximate surface area is 150 Å². The van der Waals surface area contributed by atoms with Gasteiger partial charge in [0.05, 0.1) is 0 Å². The van der Waals surface area contributed by atoms with Crippen LogP contribution in [-0.4, -0.2) is 11.9 Å². The van der Waals surface area contributed by atoms with Crippen LogP contribution in [0.1, 0.15) is 55.3 Å². The number of amides is 1. The molecule has 0 unspecified atom stereocenters. The molecule has 1 N–H and O–H groups in total. The molecule has 2 heteroatoms. The third-order valence-electron chi connectivity index (χ3n) is 6.13. The first-order valence-electron chi connectivity index (χ1n) is 9.76. The molecule has 0 heterocycles. The standard InChI is InChI=1S/C23H27NO/c25-23(24-22-15-14-18-8-4-5-9-21(18)16-22)20-12-10-19(11-13-20)17-6-2-1-3-7-17/h1-3,6-7,10-13,18,21-22H,4-5,8-9,14-16H2,(H,24,25)/t18-,21-,22-/m1/s1. The molecule has 1 amide bonds. The molecule has 2 nitrogen and oxygen atoms in total. The Morgan fingerprint density at radius 1 is 0.760 bits per heavy atom. The zero-order valence-corrected chi connectivity index (χ0v) is 14.8. The summed E-state index contributed by atoms with van der Waals surface area (Å²) in [5.41, 5.74) is 3.11. The number of hydrogen-bond donors (Lipinski definition) is 1. The van der Waals surface area contributed by atoms with Crippen LogP contribution in [0.15, 0.2) is 54.6 Å². The van der Waals surface area contributed by atoms with Crippen molar-refractivity contribution in [2.24, 2.45) is 11.8 Å². The molecule has 0 aromatic heterocycles. The quantitative estimate of drug-likeness (QED) is 0.796. The minimum atomic E-state index is 0.0823. The zero-order chi connectivity index (χ0) is 17.1. The third kappa shape index (κ3) is 3.78. The highest BCUT2D eigenvalue weighted by Gasteiger charge is 2.32. The number of carbonyl (C=O) groups is 1. The molecule has 2 saturated carbocycles. The molecule has 0 saturated heterocycles. The van der Waals surface area contributed by atoms with Crippen LogP contribution in [-0.2, 0) is 0 Å². The molecule has 25 heavy (non-hydrogen) atoms. The summed E-state index contributed by atoms with van der Waals surface area (Å²) in [5, 5.41) is 3.29. The van der Waals surface area contributed by atoms with Crippen LogP contribution < -0.4 is 5.32 Å². The fraction of sp³-hybridized carbons (Fsp3) is 0.435. The van der Waals surface area contributed by atoms with Crippen molar-refractivity contribution in [1.29, 1.82) is 0 Å². The lowest BCUT2D eigenvalue weighted by Crippen LogP contribution is -2.41. The van der Waals surface area contributed by atoms with Crippen LogP contribution in [0.5, 0.6) is 0 Å². The smallest absolute Gasteiger partial charge is 0.251 e. The van der Waals surface area contributed by atoms with Gasteiger partial charge in [-0.15, -0.1) is 0 Å². The molecule has 0 bridgehead atoms. The van der Waals surface area contributed by atoms with E-state index in [1.54, 1.807) is 0 Å². The minimum Gasteiger partial charge on any atom is -0.349 e. The van der Waals surface area contributed by atoms with Gasteiger partial charge >= 0.3 is 0 Å². The summed E-state index contributed by atoms with van der Waals surface area (Å²) >= 11 is 0. The van der Waals surface area contributed by atoms with E-state index in [0.29, 0.717) is 6.04 Å². The van der Waals surface area contributed by atoms with E-state index >= 15 is 0 Å². The lowest BCUT2D eigenvalue weighted by atomic mass is 9.69. The lowest BCUT2D eigenvalue weighted by molar-refractivity contribution is 0.0879. The molecular formula is C23H27NO. The average Bonchev–Trinajstić information content (AvgIpc) is 2.69. The minimum absolute atomic E-state index is 0.0823. The van der Waals surface area contributed by atoms with Gasteiger partial charge < -0.3 is 5.32 Å². The predicted molar refractivity (Wildman–Crippen MR) is 102 cm³/mol. The maximum Gasteiger partial charge on any atom is 0.251 e. The number of rotatable bonds is 3. The monoisotopic (exact) mass is 333 g/mol. The van der Waals surface area contributed by atoms with Gasteiger partial charge in [0.25, 0.3) is 5.91 Å². The molecule has 4 rings (SSSR count). The Morgan fingerprint density at radius 3 is 2.20 bits per heavy atom. The van der Waals surface area contributed by atoms with E-state index in [1.165, 1.54) is 44.1 Å². The van der Waals surface area contributed by atoms with Crippen LogP contribution in [0.4, 0.5) is 0 Å². The van der Waals surface area contributed by atoms with E-state index in [1.807, 2.05) is 42.5 Å². The van der Waals surface area contributed by atoms with E-state index < -0.39 is 0 Å².